The maximum absolute atomic E-state index is 5.87. The van der Waals surface area contributed by atoms with E-state index in [0.29, 0.717) is 0 Å². The summed E-state index contributed by atoms with van der Waals surface area (Å²) in [7, 11) is 1.92. The summed E-state index contributed by atoms with van der Waals surface area (Å²) in [5.74, 6) is 0. The van der Waals surface area contributed by atoms with E-state index in [1.165, 1.54) is 4.90 Å². The second kappa shape index (κ2) is 4.05. The van der Waals surface area contributed by atoms with E-state index in [2.05, 4.69) is 22.5 Å². The molecule has 4 heteroatoms. The molecule has 86 valence electrons. The van der Waals surface area contributed by atoms with Gasteiger partial charge < -0.3 is 11.1 Å². The van der Waals surface area contributed by atoms with E-state index >= 15 is 0 Å². The number of allylic oxidation sites excluding steroid dienone is 2. The highest BCUT2D eigenvalue weighted by molar-refractivity contribution is 8.04. The molecular weight excluding hydrogens is 230 g/mol. The molecule has 0 radical (unpaired) electrons. The summed E-state index contributed by atoms with van der Waals surface area (Å²) < 4.78 is 0. The van der Waals surface area contributed by atoms with Gasteiger partial charge in [0.25, 0.3) is 0 Å². The van der Waals surface area contributed by atoms with Gasteiger partial charge in [-0.3, -0.25) is 0 Å². The molecule has 0 spiro atoms. The number of benzene rings is 1. The summed E-state index contributed by atoms with van der Waals surface area (Å²) in [6, 6.07) is 6.20. The third kappa shape index (κ3) is 1.90. The van der Waals surface area contributed by atoms with E-state index in [4.69, 9.17) is 5.73 Å². The molecule has 3 N–H and O–H groups in total. The second-order valence-corrected chi connectivity index (χ2v) is 5.08. The van der Waals surface area contributed by atoms with Gasteiger partial charge in [0.2, 0.25) is 0 Å². The number of anilines is 1. The third-order valence-electron chi connectivity index (χ3n) is 2.78. The number of thioether (sulfide) groups is 1. The van der Waals surface area contributed by atoms with E-state index in [-0.39, 0.29) is 6.04 Å². The SMILES string of the molecule is CNc1ccc2c(c1)SC1=CC(N)C=CC1=N2. The van der Waals surface area contributed by atoms with Crippen molar-refractivity contribution < 1.29 is 0 Å². The van der Waals surface area contributed by atoms with Crippen molar-refractivity contribution in [3.63, 3.8) is 0 Å². The molecule has 1 heterocycles. The number of hydrogen-bond donors (Lipinski definition) is 2. The summed E-state index contributed by atoms with van der Waals surface area (Å²) in [5, 5.41) is 3.14. The van der Waals surface area contributed by atoms with Crippen molar-refractivity contribution in [2.24, 2.45) is 10.7 Å². The van der Waals surface area contributed by atoms with Gasteiger partial charge in [-0.15, -0.1) is 0 Å². The molecule has 17 heavy (non-hydrogen) atoms. The van der Waals surface area contributed by atoms with Gasteiger partial charge in [0.1, 0.15) is 0 Å². The molecule has 0 bridgehead atoms. The predicted octanol–water partition coefficient (Wildman–Crippen LogP) is 2.69. The Morgan fingerprint density at radius 3 is 3.12 bits per heavy atom. The number of fused-ring (bicyclic) bond motifs is 2. The Balaban J connectivity index is 2.07. The monoisotopic (exact) mass is 243 g/mol. The van der Waals surface area contributed by atoms with Crippen molar-refractivity contribution in [2.75, 3.05) is 12.4 Å². The maximum atomic E-state index is 5.87. The van der Waals surface area contributed by atoms with Crippen LogP contribution in [0.15, 0.2) is 51.2 Å². The number of nitrogens with two attached hydrogens (primary N) is 1. The van der Waals surface area contributed by atoms with E-state index in [9.17, 15) is 0 Å². The first kappa shape index (κ1) is 10.6. The van der Waals surface area contributed by atoms with Crippen LogP contribution >= 0.6 is 11.8 Å². The molecule has 0 fully saturated rings. The molecule has 3 nitrogen and oxygen atoms in total. The fourth-order valence-electron chi connectivity index (χ4n) is 1.87. The van der Waals surface area contributed by atoms with E-state index in [1.54, 1.807) is 11.8 Å². The highest BCUT2D eigenvalue weighted by Gasteiger charge is 2.19. The fourth-order valence-corrected chi connectivity index (χ4v) is 2.96. The maximum Gasteiger partial charge on any atom is 0.0778 e. The number of aliphatic imine (C=N–C) groups is 1. The molecule has 0 aromatic heterocycles. The van der Waals surface area contributed by atoms with Crippen LogP contribution in [-0.2, 0) is 0 Å². The molecule has 1 aliphatic carbocycles. The Hall–Kier alpha value is -1.52. The van der Waals surface area contributed by atoms with Gasteiger partial charge in [-0.25, -0.2) is 4.99 Å². The van der Waals surface area contributed by atoms with Gasteiger partial charge >= 0.3 is 0 Å². The summed E-state index contributed by atoms with van der Waals surface area (Å²) in [6.45, 7) is 0. The van der Waals surface area contributed by atoms with Crippen LogP contribution in [0, 0.1) is 0 Å². The first-order chi connectivity index (χ1) is 8.26. The van der Waals surface area contributed by atoms with Gasteiger partial charge in [-0.1, -0.05) is 17.8 Å². The molecule has 1 atom stereocenters. The minimum Gasteiger partial charge on any atom is -0.388 e. The molecule has 1 aromatic carbocycles. The normalized spacial score (nSPS) is 21.2. The zero-order valence-electron chi connectivity index (χ0n) is 9.47. The van der Waals surface area contributed by atoms with Gasteiger partial charge in [0.05, 0.1) is 11.4 Å². The Bertz CT molecular complexity index is 558. The number of rotatable bonds is 1. The van der Waals surface area contributed by atoms with Crippen molar-refractivity contribution in [2.45, 2.75) is 10.9 Å². The van der Waals surface area contributed by atoms with E-state index < -0.39 is 0 Å². The lowest BCUT2D eigenvalue weighted by molar-refractivity contribution is 1.02. The molecule has 0 amide bonds. The van der Waals surface area contributed by atoms with Crippen LogP contribution in [0.4, 0.5) is 11.4 Å². The molecule has 1 unspecified atom stereocenters. The molecule has 0 saturated heterocycles. The van der Waals surface area contributed by atoms with Crippen LogP contribution in [0.2, 0.25) is 0 Å². The number of hydrogen-bond acceptors (Lipinski definition) is 4. The number of nitrogens with zero attached hydrogens (tertiary/aromatic N) is 1. The second-order valence-electron chi connectivity index (χ2n) is 4.00. The predicted molar refractivity (Wildman–Crippen MR) is 74.1 cm³/mol. The highest BCUT2D eigenvalue weighted by Crippen LogP contribution is 2.42. The zero-order chi connectivity index (χ0) is 11.8. The first-order valence-electron chi connectivity index (χ1n) is 5.50. The fraction of sp³-hybridized carbons (Fsp3) is 0.154. The van der Waals surface area contributed by atoms with Crippen molar-refractivity contribution >= 4 is 28.8 Å². The lowest BCUT2D eigenvalue weighted by atomic mass is 10.1. The van der Waals surface area contributed by atoms with Crippen molar-refractivity contribution in [3.8, 4) is 0 Å². The van der Waals surface area contributed by atoms with Gasteiger partial charge in [0, 0.05) is 28.6 Å². The lowest BCUT2D eigenvalue weighted by Crippen LogP contribution is -2.19. The van der Waals surface area contributed by atoms with E-state index in [0.717, 1.165) is 22.0 Å². The first-order valence-corrected chi connectivity index (χ1v) is 6.32. The summed E-state index contributed by atoms with van der Waals surface area (Å²) in [6.07, 6.45) is 6.02. The Kier molecular flexibility index (Phi) is 2.53. The van der Waals surface area contributed by atoms with Crippen LogP contribution in [0.1, 0.15) is 0 Å². The zero-order valence-corrected chi connectivity index (χ0v) is 10.3. The van der Waals surface area contributed by atoms with Gasteiger partial charge in [-0.2, -0.15) is 0 Å². The van der Waals surface area contributed by atoms with Crippen molar-refractivity contribution in [1.82, 2.24) is 0 Å². The minimum absolute atomic E-state index is 0.00508. The highest BCUT2D eigenvalue weighted by atomic mass is 32.2. The lowest BCUT2D eigenvalue weighted by Gasteiger charge is -2.20. The van der Waals surface area contributed by atoms with Crippen LogP contribution in [0.3, 0.4) is 0 Å². The average Bonchev–Trinajstić information content (AvgIpc) is 2.35. The van der Waals surface area contributed by atoms with Crippen molar-refractivity contribution in [3.05, 3.63) is 41.3 Å². The quantitative estimate of drug-likeness (QED) is 0.797. The van der Waals surface area contributed by atoms with Crippen LogP contribution in [0.25, 0.3) is 0 Å². The molecule has 2 aliphatic rings. The minimum atomic E-state index is 0.00508. The van der Waals surface area contributed by atoms with Crippen molar-refractivity contribution in [1.29, 1.82) is 0 Å². The smallest absolute Gasteiger partial charge is 0.0778 e. The molecule has 0 saturated carbocycles. The Morgan fingerprint density at radius 2 is 2.29 bits per heavy atom. The number of nitrogens with one attached hydrogen (secondary N) is 1. The van der Waals surface area contributed by atoms with Crippen LogP contribution < -0.4 is 11.1 Å². The van der Waals surface area contributed by atoms with E-state index in [1.807, 2.05) is 31.3 Å². The molecule has 1 aliphatic heterocycles. The standard InChI is InChI=1S/C13H13N3S/c1-15-9-3-5-11-13(7-9)17-12-6-8(14)2-4-10(12)16-11/h2-8,15H,14H2,1H3. The molecular formula is C13H13N3S. The summed E-state index contributed by atoms with van der Waals surface area (Å²) in [4.78, 5) is 6.96. The average molecular weight is 243 g/mol. The summed E-state index contributed by atoms with van der Waals surface area (Å²) >= 11 is 1.73. The Labute approximate surface area is 105 Å². The van der Waals surface area contributed by atoms with Gasteiger partial charge in [-0.05, 0) is 30.4 Å². The van der Waals surface area contributed by atoms with Crippen LogP contribution in [-0.4, -0.2) is 18.8 Å². The largest absolute Gasteiger partial charge is 0.388 e. The van der Waals surface area contributed by atoms with Gasteiger partial charge in [0.15, 0.2) is 0 Å². The Morgan fingerprint density at radius 1 is 1.41 bits per heavy atom. The summed E-state index contributed by atoms with van der Waals surface area (Å²) in [5.41, 5.74) is 9.02. The molecule has 3 rings (SSSR count). The topological polar surface area (TPSA) is 50.4 Å². The third-order valence-corrected chi connectivity index (χ3v) is 3.89. The molecule has 1 aromatic rings. The van der Waals surface area contributed by atoms with Crippen LogP contribution in [0.5, 0.6) is 0 Å².